The number of para-hydroxylation sites is 1. The van der Waals surface area contributed by atoms with E-state index in [0.29, 0.717) is 17.3 Å². The normalized spacial score (nSPS) is 11.5. The van der Waals surface area contributed by atoms with E-state index in [2.05, 4.69) is 5.32 Å². The lowest BCUT2D eigenvalue weighted by atomic mass is 10.1. The maximum absolute atomic E-state index is 12.7. The van der Waals surface area contributed by atoms with Gasteiger partial charge in [0.05, 0.1) is 0 Å². The van der Waals surface area contributed by atoms with Crippen LogP contribution in [0.2, 0.25) is 5.02 Å². The molecule has 6 heteroatoms. The molecule has 1 atom stereocenters. The van der Waals surface area contributed by atoms with Crippen molar-refractivity contribution >= 4 is 23.4 Å². The van der Waals surface area contributed by atoms with Gasteiger partial charge in [0.15, 0.2) is 6.61 Å². The molecule has 0 aliphatic heterocycles. The molecule has 0 bridgehead atoms. The summed E-state index contributed by atoms with van der Waals surface area (Å²) in [4.78, 5) is 26.5. The van der Waals surface area contributed by atoms with Gasteiger partial charge >= 0.3 is 0 Å². The monoisotopic (exact) mass is 374 g/mol. The van der Waals surface area contributed by atoms with E-state index in [4.69, 9.17) is 16.3 Å². The Morgan fingerprint density at radius 1 is 1.15 bits per heavy atom. The highest BCUT2D eigenvalue weighted by molar-refractivity contribution is 6.30. The summed E-state index contributed by atoms with van der Waals surface area (Å²) < 4.78 is 5.55. The second kappa shape index (κ2) is 9.82. The zero-order chi connectivity index (χ0) is 18.9. The number of benzene rings is 2. The zero-order valence-corrected chi connectivity index (χ0v) is 15.7. The Morgan fingerprint density at radius 2 is 1.88 bits per heavy atom. The third-order valence-corrected chi connectivity index (χ3v) is 4.10. The first-order valence-corrected chi connectivity index (χ1v) is 8.88. The number of nitrogens with one attached hydrogen (secondary N) is 1. The lowest BCUT2D eigenvalue weighted by Gasteiger charge is -2.28. The number of carbonyl (C=O) groups is 2. The van der Waals surface area contributed by atoms with Gasteiger partial charge in [-0.05, 0) is 43.7 Å². The smallest absolute Gasteiger partial charge is 0.261 e. The van der Waals surface area contributed by atoms with Gasteiger partial charge in [0.2, 0.25) is 5.91 Å². The average molecular weight is 375 g/mol. The summed E-state index contributed by atoms with van der Waals surface area (Å²) in [5, 5.41) is 3.34. The Morgan fingerprint density at radius 3 is 2.54 bits per heavy atom. The second-order valence-electron chi connectivity index (χ2n) is 5.82. The van der Waals surface area contributed by atoms with Crippen molar-refractivity contribution in [1.29, 1.82) is 0 Å². The number of amides is 2. The van der Waals surface area contributed by atoms with Crippen molar-refractivity contribution < 1.29 is 14.3 Å². The third-order valence-electron chi connectivity index (χ3n) is 3.87. The number of halogens is 1. The summed E-state index contributed by atoms with van der Waals surface area (Å²) in [6, 6.07) is 15.7. The van der Waals surface area contributed by atoms with Crippen LogP contribution in [0.4, 0.5) is 0 Å². The van der Waals surface area contributed by atoms with Crippen LogP contribution in [-0.4, -0.2) is 35.9 Å². The van der Waals surface area contributed by atoms with Gasteiger partial charge in [-0.3, -0.25) is 9.59 Å². The van der Waals surface area contributed by atoms with Crippen molar-refractivity contribution in [3.8, 4) is 5.75 Å². The van der Waals surface area contributed by atoms with Crippen molar-refractivity contribution in [2.75, 3.05) is 13.2 Å². The Balaban J connectivity index is 2.12. The first-order chi connectivity index (χ1) is 12.5. The van der Waals surface area contributed by atoms with Gasteiger partial charge in [-0.15, -0.1) is 0 Å². The van der Waals surface area contributed by atoms with E-state index >= 15 is 0 Å². The average Bonchev–Trinajstić information content (AvgIpc) is 2.64. The minimum Gasteiger partial charge on any atom is -0.484 e. The van der Waals surface area contributed by atoms with Gasteiger partial charge in [-0.1, -0.05) is 41.9 Å². The van der Waals surface area contributed by atoms with E-state index in [0.717, 1.165) is 5.56 Å². The van der Waals surface area contributed by atoms with Crippen molar-refractivity contribution in [3.63, 3.8) is 0 Å². The van der Waals surface area contributed by atoms with E-state index in [9.17, 15) is 9.59 Å². The molecule has 0 aliphatic rings. The predicted octanol–water partition coefficient (Wildman–Crippen LogP) is 3.27. The molecule has 0 heterocycles. The van der Waals surface area contributed by atoms with Crippen LogP contribution in [0.25, 0.3) is 0 Å². The summed E-state index contributed by atoms with van der Waals surface area (Å²) in [5.74, 6) is 0.129. The van der Waals surface area contributed by atoms with Crippen molar-refractivity contribution in [3.05, 3.63) is 65.2 Å². The highest BCUT2D eigenvalue weighted by atomic mass is 35.5. The lowest BCUT2D eigenvalue weighted by molar-refractivity contribution is -0.142. The van der Waals surface area contributed by atoms with Gasteiger partial charge in [0.25, 0.3) is 5.91 Å². The molecule has 26 heavy (non-hydrogen) atoms. The van der Waals surface area contributed by atoms with E-state index in [1.54, 1.807) is 31.2 Å². The van der Waals surface area contributed by atoms with Gasteiger partial charge in [0, 0.05) is 18.1 Å². The Hall–Kier alpha value is -2.53. The van der Waals surface area contributed by atoms with Crippen molar-refractivity contribution in [1.82, 2.24) is 10.2 Å². The lowest BCUT2D eigenvalue weighted by Crippen LogP contribution is -2.49. The molecule has 0 saturated carbocycles. The molecule has 2 amide bonds. The number of rotatable bonds is 8. The number of hydrogen-bond acceptors (Lipinski definition) is 3. The molecule has 0 spiro atoms. The quantitative estimate of drug-likeness (QED) is 0.771. The minimum atomic E-state index is -0.624. The fraction of sp³-hybridized carbons (Fsp3) is 0.300. The molecule has 5 nitrogen and oxygen atoms in total. The maximum Gasteiger partial charge on any atom is 0.261 e. The van der Waals surface area contributed by atoms with Crippen molar-refractivity contribution in [2.45, 2.75) is 26.4 Å². The maximum atomic E-state index is 12.7. The van der Waals surface area contributed by atoms with Crippen LogP contribution in [0.5, 0.6) is 5.75 Å². The van der Waals surface area contributed by atoms with Gasteiger partial charge in [-0.25, -0.2) is 0 Å². The summed E-state index contributed by atoms with van der Waals surface area (Å²) in [6.07, 6.45) is 0. The first-order valence-electron chi connectivity index (χ1n) is 8.50. The number of likely N-dealkylation sites (N-methyl/N-ethyl adjacent to an activating group) is 1. The van der Waals surface area contributed by atoms with Gasteiger partial charge in [0.1, 0.15) is 11.8 Å². The largest absolute Gasteiger partial charge is 0.484 e. The van der Waals surface area contributed by atoms with Crippen LogP contribution < -0.4 is 10.1 Å². The molecule has 138 valence electrons. The zero-order valence-electron chi connectivity index (χ0n) is 14.9. The summed E-state index contributed by atoms with van der Waals surface area (Å²) in [7, 11) is 0. The van der Waals surface area contributed by atoms with Crippen LogP contribution in [0.15, 0.2) is 54.6 Å². The molecule has 1 unspecified atom stereocenters. The van der Waals surface area contributed by atoms with E-state index < -0.39 is 6.04 Å². The van der Waals surface area contributed by atoms with E-state index in [-0.39, 0.29) is 25.0 Å². The highest BCUT2D eigenvalue weighted by Gasteiger charge is 2.26. The summed E-state index contributed by atoms with van der Waals surface area (Å²) >= 11 is 6.03. The fourth-order valence-corrected chi connectivity index (χ4v) is 2.69. The fourth-order valence-electron chi connectivity index (χ4n) is 2.48. The molecule has 0 radical (unpaired) electrons. The Labute approximate surface area is 158 Å². The minimum absolute atomic E-state index is 0.145. The van der Waals surface area contributed by atoms with Crippen LogP contribution in [0.3, 0.4) is 0 Å². The summed E-state index contributed by atoms with van der Waals surface area (Å²) in [5.41, 5.74) is 0.849. The molecule has 0 aliphatic carbocycles. The topological polar surface area (TPSA) is 58.6 Å². The van der Waals surface area contributed by atoms with Crippen LogP contribution in [0.1, 0.15) is 19.4 Å². The van der Waals surface area contributed by atoms with Gasteiger partial charge in [-0.2, -0.15) is 0 Å². The van der Waals surface area contributed by atoms with Crippen LogP contribution in [0, 0.1) is 0 Å². The molecule has 0 saturated heterocycles. The Bertz CT molecular complexity index is 737. The molecular formula is C20H23ClN2O3. The SMILES string of the molecule is CCNC(=O)C(C)N(Cc1cccc(Cl)c1)C(=O)COc1ccccc1. The van der Waals surface area contributed by atoms with Gasteiger partial charge < -0.3 is 15.0 Å². The molecule has 0 aromatic heterocycles. The molecular weight excluding hydrogens is 352 g/mol. The molecule has 2 aromatic rings. The second-order valence-corrected chi connectivity index (χ2v) is 6.26. The third kappa shape index (κ3) is 5.77. The van der Waals surface area contributed by atoms with E-state index in [1.807, 2.05) is 37.3 Å². The number of carbonyl (C=O) groups excluding carboxylic acids is 2. The first kappa shape index (κ1) is 19.8. The predicted molar refractivity (Wildman–Crippen MR) is 102 cm³/mol. The summed E-state index contributed by atoms with van der Waals surface area (Å²) in [6.45, 7) is 4.18. The Kier molecular flexibility index (Phi) is 7.48. The molecule has 2 aromatic carbocycles. The molecule has 1 N–H and O–H groups in total. The van der Waals surface area contributed by atoms with Crippen LogP contribution in [-0.2, 0) is 16.1 Å². The van der Waals surface area contributed by atoms with Crippen LogP contribution >= 0.6 is 11.6 Å². The molecule has 2 rings (SSSR count). The number of ether oxygens (including phenoxy) is 1. The highest BCUT2D eigenvalue weighted by Crippen LogP contribution is 2.15. The molecule has 0 fully saturated rings. The number of hydrogen-bond donors (Lipinski definition) is 1. The van der Waals surface area contributed by atoms with Crippen molar-refractivity contribution in [2.24, 2.45) is 0 Å². The number of nitrogens with zero attached hydrogens (tertiary/aromatic N) is 1. The van der Waals surface area contributed by atoms with E-state index in [1.165, 1.54) is 4.90 Å². The standard InChI is InChI=1S/C20H23ClN2O3/c1-3-22-20(25)15(2)23(13-16-8-7-9-17(21)12-16)19(24)14-26-18-10-5-4-6-11-18/h4-12,15H,3,13-14H2,1-2H3,(H,22,25).